The van der Waals surface area contributed by atoms with Crippen LogP contribution < -0.4 is 16.4 Å². The summed E-state index contributed by atoms with van der Waals surface area (Å²) >= 11 is 0. The zero-order valence-corrected chi connectivity index (χ0v) is 13.3. The molecule has 22 heavy (non-hydrogen) atoms. The van der Waals surface area contributed by atoms with Crippen LogP contribution in [0.25, 0.3) is 0 Å². The number of hydrogen-bond donors (Lipinski definition) is 3. The van der Waals surface area contributed by atoms with Crippen molar-refractivity contribution in [1.29, 1.82) is 0 Å². The number of aromatic nitrogens is 1. The number of urea groups is 1. The SMILES string of the molecule is CCCCCCNC(=NCCCc1ccccn1)NC(N)=O. The summed E-state index contributed by atoms with van der Waals surface area (Å²) in [7, 11) is 0. The van der Waals surface area contributed by atoms with Gasteiger partial charge in [-0.3, -0.25) is 15.3 Å². The van der Waals surface area contributed by atoms with Gasteiger partial charge >= 0.3 is 6.03 Å². The first-order chi connectivity index (χ1) is 10.7. The van der Waals surface area contributed by atoms with Crippen molar-refractivity contribution < 1.29 is 4.79 Å². The largest absolute Gasteiger partial charge is 0.356 e. The van der Waals surface area contributed by atoms with Crippen LogP contribution in [0.1, 0.15) is 44.7 Å². The molecule has 0 aliphatic heterocycles. The molecule has 0 fully saturated rings. The van der Waals surface area contributed by atoms with Crippen molar-refractivity contribution in [3.63, 3.8) is 0 Å². The molecule has 0 atom stereocenters. The number of rotatable bonds is 9. The lowest BCUT2D eigenvalue weighted by molar-refractivity contribution is 0.253. The molecule has 4 N–H and O–H groups in total. The Morgan fingerprint density at radius 2 is 2.14 bits per heavy atom. The van der Waals surface area contributed by atoms with E-state index in [2.05, 4.69) is 27.5 Å². The molecule has 0 bridgehead atoms. The van der Waals surface area contributed by atoms with E-state index in [1.807, 2.05) is 18.2 Å². The highest BCUT2D eigenvalue weighted by molar-refractivity contribution is 5.95. The van der Waals surface area contributed by atoms with Crippen LogP contribution in [0, 0.1) is 0 Å². The molecule has 0 saturated heterocycles. The summed E-state index contributed by atoms with van der Waals surface area (Å²) < 4.78 is 0. The van der Waals surface area contributed by atoms with E-state index >= 15 is 0 Å². The zero-order chi connectivity index (χ0) is 16.0. The Hall–Kier alpha value is -2.11. The van der Waals surface area contributed by atoms with Crippen LogP contribution in [0.15, 0.2) is 29.4 Å². The molecular weight excluding hydrogens is 278 g/mol. The lowest BCUT2D eigenvalue weighted by Crippen LogP contribution is -2.44. The van der Waals surface area contributed by atoms with E-state index in [0.29, 0.717) is 12.5 Å². The Kier molecular flexibility index (Phi) is 9.41. The summed E-state index contributed by atoms with van der Waals surface area (Å²) in [5.74, 6) is 0.463. The van der Waals surface area contributed by atoms with Gasteiger partial charge in [-0.2, -0.15) is 0 Å². The lowest BCUT2D eigenvalue weighted by Gasteiger charge is -2.10. The minimum Gasteiger partial charge on any atom is -0.356 e. The van der Waals surface area contributed by atoms with Crippen LogP contribution in [0.3, 0.4) is 0 Å². The average Bonchev–Trinajstić information content (AvgIpc) is 2.51. The Balaban J connectivity index is 2.30. The number of primary amides is 1. The summed E-state index contributed by atoms with van der Waals surface area (Å²) in [5.41, 5.74) is 6.21. The van der Waals surface area contributed by atoms with Gasteiger partial charge in [0.05, 0.1) is 0 Å². The van der Waals surface area contributed by atoms with Gasteiger partial charge in [-0.25, -0.2) is 4.79 Å². The third kappa shape index (κ3) is 8.94. The normalized spacial score (nSPS) is 11.2. The van der Waals surface area contributed by atoms with Gasteiger partial charge in [0.25, 0.3) is 0 Å². The fraction of sp³-hybridized carbons (Fsp3) is 0.562. The molecule has 1 heterocycles. The molecule has 6 nitrogen and oxygen atoms in total. The topological polar surface area (TPSA) is 92.4 Å². The fourth-order valence-electron chi connectivity index (χ4n) is 2.01. The molecular formula is C16H27N5O. The third-order valence-electron chi connectivity index (χ3n) is 3.15. The number of unbranched alkanes of at least 4 members (excludes halogenated alkanes) is 3. The summed E-state index contributed by atoms with van der Waals surface area (Å²) in [6.07, 6.45) is 8.18. The van der Waals surface area contributed by atoms with Gasteiger partial charge in [-0.05, 0) is 31.4 Å². The summed E-state index contributed by atoms with van der Waals surface area (Å²) in [6, 6.07) is 5.28. The first kappa shape index (κ1) is 17.9. The summed E-state index contributed by atoms with van der Waals surface area (Å²) in [4.78, 5) is 19.6. The number of carbonyl (C=O) groups excluding carboxylic acids is 1. The average molecular weight is 305 g/mol. The van der Waals surface area contributed by atoms with E-state index < -0.39 is 6.03 Å². The highest BCUT2D eigenvalue weighted by atomic mass is 16.2. The molecule has 1 aromatic rings. The Morgan fingerprint density at radius 1 is 1.27 bits per heavy atom. The number of hydrogen-bond acceptors (Lipinski definition) is 3. The predicted molar refractivity (Wildman–Crippen MR) is 89.7 cm³/mol. The highest BCUT2D eigenvalue weighted by Gasteiger charge is 2.01. The summed E-state index contributed by atoms with van der Waals surface area (Å²) in [6.45, 7) is 3.59. The van der Waals surface area contributed by atoms with Gasteiger partial charge in [0.15, 0.2) is 5.96 Å². The number of amides is 2. The number of pyridine rings is 1. The first-order valence-electron chi connectivity index (χ1n) is 7.97. The monoisotopic (exact) mass is 305 g/mol. The number of nitrogens with one attached hydrogen (secondary N) is 2. The Bertz CT molecular complexity index is 447. The second kappa shape index (κ2) is 11.5. The quantitative estimate of drug-likeness (QED) is 0.371. The first-order valence-corrected chi connectivity index (χ1v) is 7.97. The molecule has 6 heteroatoms. The van der Waals surface area contributed by atoms with Crippen molar-refractivity contribution >= 4 is 12.0 Å². The molecule has 0 aliphatic carbocycles. The van der Waals surface area contributed by atoms with Gasteiger partial charge in [-0.1, -0.05) is 32.3 Å². The van der Waals surface area contributed by atoms with Crippen molar-refractivity contribution in [2.24, 2.45) is 10.7 Å². The fourth-order valence-corrected chi connectivity index (χ4v) is 2.01. The van der Waals surface area contributed by atoms with E-state index in [9.17, 15) is 4.79 Å². The van der Waals surface area contributed by atoms with Gasteiger partial charge in [0, 0.05) is 25.0 Å². The van der Waals surface area contributed by atoms with Gasteiger partial charge in [0.1, 0.15) is 0 Å². The van der Waals surface area contributed by atoms with Crippen molar-refractivity contribution in [1.82, 2.24) is 15.6 Å². The van der Waals surface area contributed by atoms with Crippen molar-refractivity contribution in [3.8, 4) is 0 Å². The van der Waals surface area contributed by atoms with Gasteiger partial charge < -0.3 is 11.1 Å². The molecule has 0 aromatic carbocycles. The van der Waals surface area contributed by atoms with Gasteiger partial charge in [-0.15, -0.1) is 0 Å². The third-order valence-corrected chi connectivity index (χ3v) is 3.15. The smallest absolute Gasteiger partial charge is 0.318 e. The van der Waals surface area contributed by atoms with Crippen molar-refractivity contribution in [2.75, 3.05) is 13.1 Å². The maximum absolute atomic E-state index is 11.0. The van der Waals surface area contributed by atoms with Crippen LogP contribution in [-0.2, 0) is 6.42 Å². The number of aryl methyl sites for hydroxylation is 1. The standard InChI is InChI=1S/C16H27N5O/c1-2-3-4-6-12-19-16(21-15(17)22)20-13-8-10-14-9-5-7-11-18-14/h5,7,9,11H,2-4,6,8,10,12-13H2,1H3,(H4,17,19,20,21,22). The number of nitrogens with two attached hydrogens (primary N) is 1. The minimum atomic E-state index is -0.593. The second-order valence-corrected chi connectivity index (χ2v) is 5.13. The molecule has 0 aliphatic rings. The number of aliphatic imine (C=N–C) groups is 1. The maximum atomic E-state index is 11.0. The molecule has 2 amide bonds. The van der Waals surface area contributed by atoms with E-state index in [4.69, 9.17) is 5.73 Å². The molecule has 1 rings (SSSR count). The lowest BCUT2D eigenvalue weighted by atomic mass is 10.2. The maximum Gasteiger partial charge on any atom is 0.318 e. The molecule has 1 aromatic heterocycles. The zero-order valence-electron chi connectivity index (χ0n) is 13.3. The van der Waals surface area contributed by atoms with Crippen molar-refractivity contribution in [3.05, 3.63) is 30.1 Å². The molecule has 0 spiro atoms. The second-order valence-electron chi connectivity index (χ2n) is 5.13. The van der Waals surface area contributed by atoms with Crippen LogP contribution in [-0.4, -0.2) is 30.1 Å². The van der Waals surface area contributed by atoms with E-state index in [1.165, 1.54) is 19.3 Å². The highest BCUT2D eigenvalue weighted by Crippen LogP contribution is 1.99. The van der Waals surface area contributed by atoms with Crippen LogP contribution in [0.5, 0.6) is 0 Å². The molecule has 122 valence electrons. The van der Waals surface area contributed by atoms with E-state index in [-0.39, 0.29) is 0 Å². The van der Waals surface area contributed by atoms with Gasteiger partial charge in [0.2, 0.25) is 0 Å². The molecule has 0 saturated carbocycles. The summed E-state index contributed by atoms with van der Waals surface area (Å²) in [5, 5.41) is 5.66. The van der Waals surface area contributed by atoms with Crippen LogP contribution in [0.2, 0.25) is 0 Å². The Labute approximate surface area is 132 Å². The number of nitrogens with zero attached hydrogens (tertiary/aromatic N) is 2. The van der Waals surface area contributed by atoms with Crippen LogP contribution in [0.4, 0.5) is 4.79 Å². The predicted octanol–water partition coefficient (Wildman–Crippen LogP) is 2.21. The van der Waals surface area contributed by atoms with Crippen molar-refractivity contribution in [2.45, 2.75) is 45.4 Å². The number of carbonyl (C=O) groups is 1. The molecule has 0 radical (unpaired) electrons. The van der Waals surface area contributed by atoms with E-state index in [0.717, 1.165) is 31.5 Å². The molecule has 0 unspecified atom stereocenters. The Morgan fingerprint density at radius 3 is 2.82 bits per heavy atom. The minimum absolute atomic E-state index is 0.463. The van der Waals surface area contributed by atoms with E-state index in [1.54, 1.807) is 6.20 Å². The van der Waals surface area contributed by atoms with Crippen LogP contribution >= 0.6 is 0 Å². The number of guanidine groups is 1.